The third-order valence-electron chi connectivity index (χ3n) is 4.44. The molecule has 0 radical (unpaired) electrons. The molecule has 0 bridgehead atoms. The van der Waals surface area contributed by atoms with E-state index in [1.165, 1.54) is 0 Å². The van der Waals surface area contributed by atoms with Crippen molar-refractivity contribution in [3.05, 3.63) is 71.8 Å². The molecule has 2 rings (SSSR count). The zero-order chi connectivity index (χ0) is 19.5. The highest BCUT2D eigenvalue weighted by molar-refractivity contribution is 5.89. The Morgan fingerprint density at radius 1 is 0.704 bits per heavy atom. The standard InChI is InChI=1S/C23H28O4/c1-3-11-21(27-23(25)19-14-9-6-10-15-19)17-16-20(4-2)26-22(24)18-12-7-5-8-13-18/h5-10,12-15,20-21H,3-4,11,16-17H2,1-2H3. The van der Waals surface area contributed by atoms with Crippen LogP contribution in [0.3, 0.4) is 0 Å². The third kappa shape index (κ3) is 6.89. The Morgan fingerprint density at radius 3 is 1.59 bits per heavy atom. The molecular weight excluding hydrogens is 340 g/mol. The van der Waals surface area contributed by atoms with Crippen LogP contribution in [0.25, 0.3) is 0 Å². The number of ether oxygens (including phenoxy) is 2. The Labute approximate surface area is 161 Å². The summed E-state index contributed by atoms with van der Waals surface area (Å²) in [6.45, 7) is 4.06. The molecule has 2 unspecified atom stereocenters. The average molecular weight is 368 g/mol. The van der Waals surface area contributed by atoms with Crippen molar-refractivity contribution < 1.29 is 19.1 Å². The van der Waals surface area contributed by atoms with E-state index in [9.17, 15) is 9.59 Å². The van der Waals surface area contributed by atoms with Crippen molar-refractivity contribution in [3.8, 4) is 0 Å². The summed E-state index contributed by atoms with van der Waals surface area (Å²) in [6.07, 6.45) is 3.42. The van der Waals surface area contributed by atoms with Gasteiger partial charge in [0.2, 0.25) is 0 Å². The molecule has 2 aromatic rings. The van der Waals surface area contributed by atoms with Crippen molar-refractivity contribution in [2.24, 2.45) is 0 Å². The van der Waals surface area contributed by atoms with Gasteiger partial charge in [0.25, 0.3) is 0 Å². The maximum Gasteiger partial charge on any atom is 0.338 e. The number of rotatable bonds is 10. The topological polar surface area (TPSA) is 52.6 Å². The second-order valence-electron chi connectivity index (χ2n) is 6.56. The lowest BCUT2D eigenvalue weighted by atomic mass is 10.0. The van der Waals surface area contributed by atoms with Crippen LogP contribution in [0.1, 0.15) is 66.7 Å². The summed E-state index contributed by atoms with van der Waals surface area (Å²) < 4.78 is 11.3. The van der Waals surface area contributed by atoms with Crippen LogP contribution in [0.5, 0.6) is 0 Å². The molecule has 0 spiro atoms. The van der Waals surface area contributed by atoms with Crippen molar-refractivity contribution in [2.45, 2.75) is 58.2 Å². The maximum absolute atomic E-state index is 12.3. The van der Waals surface area contributed by atoms with Crippen molar-refractivity contribution >= 4 is 11.9 Å². The molecule has 0 heterocycles. The van der Waals surface area contributed by atoms with Crippen molar-refractivity contribution in [1.29, 1.82) is 0 Å². The fraction of sp³-hybridized carbons (Fsp3) is 0.391. The van der Waals surface area contributed by atoms with E-state index in [2.05, 4.69) is 6.92 Å². The van der Waals surface area contributed by atoms with Crippen LogP contribution in [0.2, 0.25) is 0 Å². The molecule has 0 fully saturated rings. The van der Waals surface area contributed by atoms with Crippen LogP contribution in [-0.4, -0.2) is 24.1 Å². The molecule has 2 atom stereocenters. The first-order valence-corrected chi connectivity index (χ1v) is 9.66. The van der Waals surface area contributed by atoms with E-state index in [1.54, 1.807) is 24.3 Å². The van der Waals surface area contributed by atoms with Crippen molar-refractivity contribution in [1.82, 2.24) is 0 Å². The summed E-state index contributed by atoms with van der Waals surface area (Å²) >= 11 is 0. The van der Waals surface area contributed by atoms with E-state index in [0.717, 1.165) is 19.3 Å². The zero-order valence-electron chi connectivity index (χ0n) is 16.1. The summed E-state index contributed by atoms with van der Waals surface area (Å²) in [5.74, 6) is -0.612. The second-order valence-corrected chi connectivity index (χ2v) is 6.56. The summed E-state index contributed by atoms with van der Waals surface area (Å²) in [6, 6.07) is 18.0. The number of benzene rings is 2. The Kier molecular flexibility index (Phi) is 8.56. The lowest BCUT2D eigenvalue weighted by Crippen LogP contribution is -2.23. The smallest absolute Gasteiger partial charge is 0.338 e. The molecule has 0 saturated carbocycles. The molecule has 0 aromatic heterocycles. The fourth-order valence-electron chi connectivity index (χ4n) is 2.89. The highest BCUT2D eigenvalue weighted by Gasteiger charge is 2.19. The van der Waals surface area contributed by atoms with Crippen LogP contribution in [-0.2, 0) is 9.47 Å². The van der Waals surface area contributed by atoms with Crippen LogP contribution in [0, 0.1) is 0 Å². The monoisotopic (exact) mass is 368 g/mol. The Balaban J connectivity index is 1.89. The molecule has 0 aliphatic carbocycles. The quantitative estimate of drug-likeness (QED) is 0.525. The molecule has 0 amide bonds. The Bertz CT molecular complexity index is 697. The van der Waals surface area contributed by atoms with Gasteiger partial charge >= 0.3 is 11.9 Å². The van der Waals surface area contributed by atoms with E-state index in [0.29, 0.717) is 24.0 Å². The maximum atomic E-state index is 12.3. The zero-order valence-corrected chi connectivity index (χ0v) is 16.1. The van der Waals surface area contributed by atoms with Crippen LogP contribution in [0.15, 0.2) is 60.7 Å². The van der Waals surface area contributed by atoms with E-state index < -0.39 is 0 Å². The van der Waals surface area contributed by atoms with Crippen LogP contribution in [0.4, 0.5) is 0 Å². The van der Waals surface area contributed by atoms with E-state index in [4.69, 9.17) is 9.47 Å². The molecule has 0 N–H and O–H groups in total. The molecule has 4 nitrogen and oxygen atoms in total. The van der Waals surface area contributed by atoms with Gasteiger partial charge in [0.1, 0.15) is 12.2 Å². The van der Waals surface area contributed by atoms with E-state index in [1.807, 2.05) is 43.3 Å². The number of esters is 2. The molecule has 0 saturated heterocycles. The first-order chi connectivity index (χ1) is 13.1. The van der Waals surface area contributed by atoms with Gasteiger partial charge in [-0.1, -0.05) is 56.7 Å². The molecule has 4 heteroatoms. The lowest BCUT2D eigenvalue weighted by Gasteiger charge is -2.21. The highest BCUT2D eigenvalue weighted by atomic mass is 16.5. The number of carbonyl (C=O) groups excluding carboxylic acids is 2. The first kappa shape index (κ1) is 20.7. The van der Waals surface area contributed by atoms with Gasteiger partial charge in [0.05, 0.1) is 11.1 Å². The Hall–Kier alpha value is -2.62. The van der Waals surface area contributed by atoms with Gasteiger partial charge in [-0.15, -0.1) is 0 Å². The van der Waals surface area contributed by atoms with Gasteiger partial charge < -0.3 is 9.47 Å². The SMILES string of the molecule is CCCC(CCC(CC)OC(=O)c1ccccc1)OC(=O)c1ccccc1. The molecule has 144 valence electrons. The molecule has 0 aliphatic heterocycles. The van der Waals surface area contributed by atoms with Gasteiger partial charge in [-0.25, -0.2) is 9.59 Å². The minimum Gasteiger partial charge on any atom is -0.459 e. The van der Waals surface area contributed by atoms with Gasteiger partial charge in [0, 0.05) is 0 Å². The summed E-state index contributed by atoms with van der Waals surface area (Å²) in [5.41, 5.74) is 1.11. The minimum atomic E-state index is -0.309. The van der Waals surface area contributed by atoms with Crippen molar-refractivity contribution in [2.75, 3.05) is 0 Å². The third-order valence-corrected chi connectivity index (χ3v) is 4.44. The highest BCUT2D eigenvalue weighted by Crippen LogP contribution is 2.18. The van der Waals surface area contributed by atoms with Gasteiger partial charge in [0.15, 0.2) is 0 Å². The number of carbonyl (C=O) groups is 2. The molecule has 27 heavy (non-hydrogen) atoms. The van der Waals surface area contributed by atoms with Gasteiger partial charge in [-0.3, -0.25) is 0 Å². The van der Waals surface area contributed by atoms with E-state index in [-0.39, 0.29) is 24.1 Å². The summed E-state index contributed by atoms with van der Waals surface area (Å²) in [4.78, 5) is 24.5. The second kappa shape index (κ2) is 11.2. The van der Waals surface area contributed by atoms with E-state index >= 15 is 0 Å². The summed E-state index contributed by atoms with van der Waals surface area (Å²) in [5, 5.41) is 0. The molecular formula is C23H28O4. The lowest BCUT2D eigenvalue weighted by molar-refractivity contribution is 0.0107. The number of hydrogen-bond acceptors (Lipinski definition) is 4. The first-order valence-electron chi connectivity index (χ1n) is 9.66. The predicted octanol–water partition coefficient (Wildman–Crippen LogP) is 5.43. The Morgan fingerprint density at radius 2 is 1.15 bits per heavy atom. The minimum absolute atomic E-state index is 0.174. The summed E-state index contributed by atoms with van der Waals surface area (Å²) in [7, 11) is 0. The van der Waals surface area contributed by atoms with Gasteiger partial charge in [-0.2, -0.15) is 0 Å². The van der Waals surface area contributed by atoms with Crippen LogP contribution >= 0.6 is 0 Å². The largest absolute Gasteiger partial charge is 0.459 e. The number of hydrogen-bond donors (Lipinski definition) is 0. The predicted molar refractivity (Wildman–Crippen MR) is 106 cm³/mol. The van der Waals surface area contributed by atoms with Crippen LogP contribution < -0.4 is 0 Å². The molecule has 2 aromatic carbocycles. The van der Waals surface area contributed by atoms with Crippen molar-refractivity contribution in [3.63, 3.8) is 0 Å². The molecule has 0 aliphatic rings. The van der Waals surface area contributed by atoms with Gasteiger partial charge in [-0.05, 0) is 49.9 Å². The normalized spacial score (nSPS) is 12.8. The average Bonchev–Trinajstić information content (AvgIpc) is 2.72. The fourth-order valence-corrected chi connectivity index (χ4v) is 2.89.